The second-order valence-corrected chi connectivity index (χ2v) is 5.75. The van der Waals surface area contributed by atoms with E-state index in [0.717, 1.165) is 19.3 Å². The van der Waals surface area contributed by atoms with E-state index in [9.17, 15) is 19.5 Å². The molecule has 0 radical (unpaired) electrons. The number of hydrogen-bond donors (Lipinski definition) is 3. The van der Waals surface area contributed by atoms with E-state index in [2.05, 4.69) is 10.6 Å². The Kier molecular flexibility index (Phi) is 5.03. The standard InChI is InChI=1S/C14H23N3O4/c1-15-12(18)11-7-4-8-17(11)14(21)16-10-6-3-2-5-9(10)13(19)20/h9-11H,2-8H2,1H3,(H,15,18)(H,16,21)(H,19,20). The fourth-order valence-corrected chi connectivity index (χ4v) is 3.29. The number of carboxylic acid groups (broad SMARTS) is 1. The molecule has 1 saturated carbocycles. The fourth-order valence-electron chi connectivity index (χ4n) is 3.29. The van der Waals surface area contributed by atoms with Gasteiger partial charge < -0.3 is 20.6 Å². The Labute approximate surface area is 124 Å². The topological polar surface area (TPSA) is 98.7 Å². The van der Waals surface area contributed by atoms with E-state index in [0.29, 0.717) is 25.8 Å². The second-order valence-electron chi connectivity index (χ2n) is 5.75. The molecule has 3 N–H and O–H groups in total. The number of aliphatic carboxylic acids is 1. The molecule has 1 aliphatic carbocycles. The first-order valence-corrected chi connectivity index (χ1v) is 7.56. The maximum Gasteiger partial charge on any atom is 0.318 e. The summed E-state index contributed by atoms with van der Waals surface area (Å²) in [6.45, 7) is 0.536. The van der Waals surface area contributed by atoms with E-state index >= 15 is 0 Å². The zero-order chi connectivity index (χ0) is 15.4. The van der Waals surface area contributed by atoms with Crippen molar-refractivity contribution in [2.45, 2.75) is 50.6 Å². The summed E-state index contributed by atoms with van der Waals surface area (Å²) >= 11 is 0. The Morgan fingerprint density at radius 3 is 2.48 bits per heavy atom. The first-order valence-electron chi connectivity index (χ1n) is 7.56. The Balaban J connectivity index is 1.99. The van der Waals surface area contributed by atoms with Gasteiger partial charge in [0.1, 0.15) is 6.04 Å². The molecule has 2 aliphatic rings. The van der Waals surface area contributed by atoms with Gasteiger partial charge in [0.25, 0.3) is 0 Å². The third-order valence-corrected chi connectivity index (χ3v) is 4.45. The van der Waals surface area contributed by atoms with E-state index in [1.807, 2.05) is 0 Å². The van der Waals surface area contributed by atoms with Gasteiger partial charge in [0, 0.05) is 19.6 Å². The van der Waals surface area contributed by atoms with Crippen LogP contribution in [0.1, 0.15) is 38.5 Å². The van der Waals surface area contributed by atoms with Crippen molar-refractivity contribution in [2.24, 2.45) is 5.92 Å². The van der Waals surface area contributed by atoms with Crippen LogP contribution in [0.5, 0.6) is 0 Å². The van der Waals surface area contributed by atoms with Gasteiger partial charge in [0.15, 0.2) is 0 Å². The monoisotopic (exact) mass is 297 g/mol. The van der Waals surface area contributed by atoms with Gasteiger partial charge in [0.05, 0.1) is 5.92 Å². The van der Waals surface area contributed by atoms with Gasteiger partial charge >= 0.3 is 12.0 Å². The highest BCUT2D eigenvalue weighted by atomic mass is 16.4. The molecule has 1 saturated heterocycles. The number of urea groups is 1. The number of carbonyl (C=O) groups is 3. The largest absolute Gasteiger partial charge is 0.481 e. The minimum Gasteiger partial charge on any atom is -0.481 e. The molecule has 7 heteroatoms. The number of amides is 3. The quantitative estimate of drug-likeness (QED) is 0.708. The van der Waals surface area contributed by atoms with Crippen LogP contribution in [0.15, 0.2) is 0 Å². The average molecular weight is 297 g/mol. The minimum absolute atomic E-state index is 0.166. The van der Waals surface area contributed by atoms with E-state index in [-0.39, 0.29) is 18.0 Å². The van der Waals surface area contributed by atoms with Gasteiger partial charge in [-0.25, -0.2) is 4.79 Å². The number of carbonyl (C=O) groups excluding carboxylic acids is 2. The maximum atomic E-state index is 12.4. The molecule has 0 aromatic rings. The average Bonchev–Trinajstić information content (AvgIpc) is 2.96. The number of hydrogen-bond acceptors (Lipinski definition) is 3. The molecule has 1 aliphatic heterocycles. The Morgan fingerprint density at radius 1 is 1.10 bits per heavy atom. The Bertz CT molecular complexity index is 426. The molecule has 2 fully saturated rings. The van der Waals surface area contributed by atoms with Crippen LogP contribution in [-0.2, 0) is 9.59 Å². The van der Waals surface area contributed by atoms with Crippen LogP contribution in [0.3, 0.4) is 0 Å². The first-order chi connectivity index (χ1) is 10.0. The molecular formula is C14H23N3O4. The van der Waals surface area contributed by atoms with Crippen LogP contribution in [0.2, 0.25) is 0 Å². The lowest BCUT2D eigenvalue weighted by atomic mass is 9.84. The molecule has 3 atom stereocenters. The molecule has 7 nitrogen and oxygen atoms in total. The van der Waals surface area contributed by atoms with E-state index in [4.69, 9.17) is 0 Å². The zero-order valence-electron chi connectivity index (χ0n) is 12.3. The van der Waals surface area contributed by atoms with Gasteiger partial charge in [-0.3, -0.25) is 9.59 Å². The van der Waals surface area contributed by atoms with Crippen molar-refractivity contribution in [3.63, 3.8) is 0 Å². The molecule has 0 bridgehead atoms. The van der Waals surface area contributed by atoms with Crippen LogP contribution >= 0.6 is 0 Å². The molecule has 3 amide bonds. The number of nitrogens with one attached hydrogen (secondary N) is 2. The summed E-state index contributed by atoms with van der Waals surface area (Å²) in [5.74, 6) is -1.55. The van der Waals surface area contributed by atoms with E-state index < -0.39 is 17.9 Å². The normalized spacial score (nSPS) is 29.0. The predicted molar refractivity (Wildman–Crippen MR) is 75.7 cm³/mol. The lowest BCUT2D eigenvalue weighted by Crippen LogP contribution is -2.53. The Hall–Kier alpha value is -1.79. The fraction of sp³-hybridized carbons (Fsp3) is 0.786. The highest BCUT2D eigenvalue weighted by Crippen LogP contribution is 2.25. The maximum absolute atomic E-state index is 12.4. The summed E-state index contributed by atoms with van der Waals surface area (Å²) in [7, 11) is 1.55. The number of rotatable bonds is 3. The van der Waals surface area contributed by atoms with Crippen molar-refractivity contribution >= 4 is 17.9 Å². The summed E-state index contributed by atoms with van der Waals surface area (Å²) < 4.78 is 0. The summed E-state index contributed by atoms with van der Waals surface area (Å²) in [4.78, 5) is 36.9. The molecule has 118 valence electrons. The third kappa shape index (κ3) is 3.46. The van der Waals surface area contributed by atoms with Gasteiger partial charge in [-0.2, -0.15) is 0 Å². The van der Waals surface area contributed by atoms with Crippen LogP contribution < -0.4 is 10.6 Å². The minimum atomic E-state index is -0.857. The zero-order valence-corrected chi connectivity index (χ0v) is 12.3. The summed E-state index contributed by atoms with van der Waals surface area (Å²) in [6.07, 6.45) is 4.53. The molecule has 0 aromatic carbocycles. The van der Waals surface area contributed by atoms with E-state index in [1.165, 1.54) is 4.90 Å². The highest BCUT2D eigenvalue weighted by Gasteiger charge is 2.37. The molecule has 1 heterocycles. The van der Waals surface area contributed by atoms with Crippen LogP contribution in [0.25, 0.3) is 0 Å². The highest BCUT2D eigenvalue weighted by molar-refractivity contribution is 5.87. The molecule has 21 heavy (non-hydrogen) atoms. The van der Waals surface area contributed by atoms with Crippen molar-refractivity contribution in [3.05, 3.63) is 0 Å². The predicted octanol–water partition coefficient (Wildman–Crippen LogP) is 0.550. The van der Waals surface area contributed by atoms with Gasteiger partial charge in [-0.1, -0.05) is 12.8 Å². The van der Waals surface area contributed by atoms with Crippen molar-refractivity contribution in [3.8, 4) is 0 Å². The number of likely N-dealkylation sites (N-methyl/N-ethyl adjacent to an activating group) is 1. The smallest absolute Gasteiger partial charge is 0.318 e. The van der Waals surface area contributed by atoms with Crippen molar-refractivity contribution in [2.75, 3.05) is 13.6 Å². The van der Waals surface area contributed by atoms with Gasteiger partial charge in [0.2, 0.25) is 5.91 Å². The van der Waals surface area contributed by atoms with Crippen LogP contribution in [-0.4, -0.2) is 53.6 Å². The number of nitrogens with zero attached hydrogens (tertiary/aromatic N) is 1. The van der Waals surface area contributed by atoms with Crippen molar-refractivity contribution in [1.82, 2.24) is 15.5 Å². The summed E-state index contributed by atoms with van der Waals surface area (Å²) in [5.41, 5.74) is 0. The second kappa shape index (κ2) is 6.78. The Morgan fingerprint density at radius 2 is 1.81 bits per heavy atom. The molecule has 0 spiro atoms. The van der Waals surface area contributed by atoms with Crippen molar-refractivity contribution in [1.29, 1.82) is 0 Å². The molecule has 3 unspecified atom stereocenters. The lowest BCUT2D eigenvalue weighted by Gasteiger charge is -2.32. The molecule has 2 rings (SSSR count). The lowest BCUT2D eigenvalue weighted by molar-refractivity contribution is -0.143. The third-order valence-electron chi connectivity index (χ3n) is 4.45. The number of likely N-dealkylation sites (tertiary alicyclic amines) is 1. The van der Waals surface area contributed by atoms with Crippen LogP contribution in [0, 0.1) is 5.92 Å². The van der Waals surface area contributed by atoms with E-state index in [1.54, 1.807) is 7.05 Å². The molecular weight excluding hydrogens is 274 g/mol. The summed E-state index contributed by atoms with van der Waals surface area (Å²) in [6, 6.07) is -1.10. The SMILES string of the molecule is CNC(=O)C1CCCN1C(=O)NC1CCCCC1C(=O)O. The molecule has 0 aromatic heterocycles. The first kappa shape index (κ1) is 15.6. The van der Waals surface area contributed by atoms with Gasteiger partial charge in [-0.15, -0.1) is 0 Å². The van der Waals surface area contributed by atoms with Crippen molar-refractivity contribution < 1.29 is 19.5 Å². The van der Waals surface area contributed by atoms with Crippen LogP contribution in [0.4, 0.5) is 4.79 Å². The summed E-state index contributed by atoms with van der Waals surface area (Å²) in [5, 5.41) is 14.6. The van der Waals surface area contributed by atoms with Gasteiger partial charge in [-0.05, 0) is 25.7 Å². The number of carboxylic acids is 1.